The van der Waals surface area contributed by atoms with E-state index in [1.165, 1.54) is 0 Å². The second kappa shape index (κ2) is 4.53. The van der Waals surface area contributed by atoms with E-state index >= 15 is 0 Å². The van der Waals surface area contributed by atoms with Crippen LogP contribution in [0.1, 0.15) is 5.56 Å². The highest BCUT2D eigenvalue weighted by molar-refractivity contribution is 5.74. The SMILES string of the molecule is On1c(=NCc2ccccc2)n(O)c2ccccc21. The Kier molecular flexibility index (Phi) is 2.72. The van der Waals surface area contributed by atoms with E-state index in [1.807, 2.05) is 30.3 Å². The molecule has 0 aliphatic carbocycles. The largest absolute Gasteiger partial charge is 0.425 e. The Bertz CT molecular complexity index is 730. The molecule has 1 heterocycles. The summed E-state index contributed by atoms with van der Waals surface area (Å²) in [7, 11) is 0. The van der Waals surface area contributed by atoms with Crippen molar-refractivity contribution in [1.82, 2.24) is 9.46 Å². The topological polar surface area (TPSA) is 62.7 Å². The van der Waals surface area contributed by atoms with Crippen molar-refractivity contribution in [2.75, 3.05) is 0 Å². The maximum absolute atomic E-state index is 9.99. The molecule has 3 aromatic rings. The number of hydrogen-bond acceptors (Lipinski definition) is 3. The number of imidazole rings is 1. The Morgan fingerprint density at radius 3 is 1.89 bits per heavy atom. The minimum absolute atomic E-state index is 0.102. The van der Waals surface area contributed by atoms with Crippen LogP contribution in [0, 0.1) is 0 Å². The van der Waals surface area contributed by atoms with E-state index in [1.54, 1.807) is 24.3 Å². The second-order valence-electron chi connectivity index (χ2n) is 4.21. The number of aromatic nitrogens is 2. The molecule has 0 aliphatic heterocycles. The van der Waals surface area contributed by atoms with Gasteiger partial charge in [0.1, 0.15) is 11.0 Å². The van der Waals surface area contributed by atoms with Crippen molar-refractivity contribution in [3.63, 3.8) is 0 Å². The molecule has 0 saturated heterocycles. The van der Waals surface area contributed by atoms with E-state index in [2.05, 4.69) is 4.99 Å². The lowest BCUT2D eigenvalue weighted by Gasteiger charge is -1.96. The quantitative estimate of drug-likeness (QED) is 0.688. The first-order valence-electron chi connectivity index (χ1n) is 5.93. The molecule has 0 atom stereocenters. The number of benzene rings is 2. The summed E-state index contributed by atoms with van der Waals surface area (Å²) in [6.07, 6.45) is 0. The van der Waals surface area contributed by atoms with Crippen LogP contribution in [-0.2, 0) is 6.54 Å². The molecule has 0 saturated carbocycles. The highest BCUT2D eigenvalue weighted by Gasteiger charge is 2.08. The molecule has 0 fully saturated rings. The standard InChI is InChI=1S/C14H13N3O2/c18-16-12-8-4-5-9-13(12)17(19)14(16)15-10-11-6-2-1-3-7-11/h1-9,18-19H,10H2. The molecular weight excluding hydrogens is 242 g/mol. The van der Waals surface area contributed by atoms with E-state index in [-0.39, 0.29) is 5.62 Å². The molecule has 0 bridgehead atoms. The maximum atomic E-state index is 9.99. The molecular formula is C14H13N3O2. The average molecular weight is 255 g/mol. The smallest absolute Gasteiger partial charge is 0.273 e. The fourth-order valence-electron chi connectivity index (χ4n) is 2.01. The normalized spacial score (nSPS) is 10.7. The number of nitrogens with zero attached hydrogens (tertiary/aromatic N) is 3. The molecule has 2 N–H and O–H groups in total. The van der Waals surface area contributed by atoms with Crippen molar-refractivity contribution in [3.05, 3.63) is 65.8 Å². The molecule has 1 aromatic heterocycles. The van der Waals surface area contributed by atoms with Crippen molar-refractivity contribution in [1.29, 1.82) is 0 Å². The van der Waals surface area contributed by atoms with Crippen LogP contribution < -0.4 is 5.62 Å². The highest BCUT2D eigenvalue weighted by Crippen LogP contribution is 2.09. The van der Waals surface area contributed by atoms with Crippen molar-refractivity contribution in [2.24, 2.45) is 4.99 Å². The summed E-state index contributed by atoms with van der Waals surface area (Å²) < 4.78 is 1.77. The zero-order valence-electron chi connectivity index (χ0n) is 10.1. The lowest BCUT2D eigenvalue weighted by Crippen LogP contribution is -2.23. The molecule has 96 valence electrons. The van der Waals surface area contributed by atoms with Gasteiger partial charge in [-0.1, -0.05) is 42.5 Å². The Hall–Kier alpha value is -2.69. The van der Waals surface area contributed by atoms with Crippen LogP contribution in [0.4, 0.5) is 0 Å². The molecule has 5 heteroatoms. The summed E-state index contributed by atoms with van der Waals surface area (Å²) >= 11 is 0. The molecule has 0 unspecified atom stereocenters. The van der Waals surface area contributed by atoms with Crippen molar-refractivity contribution in [3.8, 4) is 0 Å². The van der Waals surface area contributed by atoms with Gasteiger partial charge in [0.25, 0.3) is 5.62 Å². The first-order valence-corrected chi connectivity index (χ1v) is 5.93. The van der Waals surface area contributed by atoms with Gasteiger partial charge in [0.2, 0.25) is 0 Å². The monoisotopic (exact) mass is 255 g/mol. The third-order valence-corrected chi connectivity index (χ3v) is 2.96. The molecule has 19 heavy (non-hydrogen) atoms. The highest BCUT2D eigenvalue weighted by atomic mass is 16.5. The van der Waals surface area contributed by atoms with Gasteiger partial charge in [-0.25, -0.2) is 4.99 Å². The summed E-state index contributed by atoms with van der Waals surface area (Å²) in [4.78, 5) is 4.24. The van der Waals surface area contributed by atoms with Gasteiger partial charge in [-0.3, -0.25) is 0 Å². The zero-order valence-corrected chi connectivity index (χ0v) is 10.1. The van der Waals surface area contributed by atoms with Crippen molar-refractivity contribution >= 4 is 11.0 Å². The molecule has 0 amide bonds. The van der Waals surface area contributed by atoms with Gasteiger partial charge < -0.3 is 10.4 Å². The molecule has 0 aliphatic rings. The first-order chi connectivity index (χ1) is 9.27. The van der Waals surface area contributed by atoms with Gasteiger partial charge in [-0.2, -0.15) is 0 Å². The van der Waals surface area contributed by atoms with Crippen LogP contribution in [0.2, 0.25) is 0 Å². The Balaban J connectivity index is 2.10. The van der Waals surface area contributed by atoms with E-state index in [0.29, 0.717) is 17.6 Å². The number of para-hydroxylation sites is 2. The van der Waals surface area contributed by atoms with Crippen LogP contribution in [0.15, 0.2) is 59.6 Å². The Morgan fingerprint density at radius 1 is 0.789 bits per heavy atom. The predicted molar refractivity (Wildman–Crippen MR) is 70.0 cm³/mol. The zero-order chi connectivity index (χ0) is 13.2. The van der Waals surface area contributed by atoms with Crippen LogP contribution in [0.3, 0.4) is 0 Å². The van der Waals surface area contributed by atoms with Crippen LogP contribution in [-0.4, -0.2) is 19.9 Å². The first kappa shape index (κ1) is 11.4. The van der Waals surface area contributed by atoms with Gasteiger partial charge in [-0.15, -0.1) is 9.46 Å². The average Bonchev–Trinajstić information content (AvgIpc) is 2.71. The number of fused-ring (bicyclic) bond motifs is 1. The van der Waals surface area contributed by atoms with E-state index in [4.69, 9.17) is 0 Å². The Labute approximate surface area is 109 Å². The lowest BCUT2D eigenvalue weighted by atomic mass is 10.2. The summed E-state index contributed by atoms with van der Waals surface area (Å²) in [6.45, 7) is 0.387. The fraction of sp³-hybridized carbons (Fsp3) is 0.0714. The molecule has 0 radical (unpaired) electrons. The van der Waals surface area contributed by atoms with Crippen molar-refractivity contribution < 1.29 is 10.4 Å². The van der Waals surface area contributed by atoms with Gasteiger partial charge in [0.15, 0.2) is 0 Å². The minimum Gasteiger partial charge on any atom is -0.425 e. The third kappa shape index (κ3) is 1.95. The van der Waals surface area contributed by atoms with Gasteiger partial charge in [-0.05, 0) is 17.7 Å². The summed E-state index contributed by atoms with van der Waals surface area (Å²) in [5.74, 6) is 0. The summed E-state index contributed by atoms with van der Waals surface area (Å²) in [6, 6.07) is 16.7. The van der Waals surface area contributed by atoms with Gasteiger partial charge in [0, 0.05) is 0 Å². The van der Waals surface area contributed by atoms with E-state index < -0.39 is 0 Å². The molecule has 2 aromatic carbocycles. The summed E-state index contributed by atoms with van der Waals surface area (Å²) in [5.41, 5.74) is 2.13. The fourth-order valence-corrected chi connectivity index (χ4v) is 2.01. The number of hydrogen-bond donors (Lipinski definition) is 2. The second-order valence-corrected chi connectivity index (χ2v) is 4.21. The minimum atomic E-state index is 0.102. The van der Waals surface area contributed by atoms with Gasteiger partial charge in [0.05, 0.1) is 6.54 Å². The van der Waals surface area contributed by atoms with E-state index in [0.717, 1.165) is 15.0 Å². The lowest BCUT2D eigenvalue weighted by molar-refractivity contribution is 0.132. The van der Waals surface area contributed by atoms with Crippen molar-refractivity contribution in [2.45, 2.75) is 6.54 Å². The van der Waals surface area contributed by atoms with Gasteiger partial charge >= 0.3 is 0 Å². The maximum Gasteiger partial charge on any atom is 0.273 e. The van der Waals surface area contributed by atoms with Crippen LogP contribution >= 0.6 is 0 Å². The van der Waals surface area contributed by atoms with Crippen LogP contribution in [0.25, 0.3) is 11.0 Å². The molecule has 3 rings (SSSR count). The Morgan fingerprint density at radius 2 is 1.32 bits per heavy atom. The molecule has 0 spiro atoms. The summed E-state index contributed by atoms with van der Waals surface area (Å²) in [5, 5.41) is 20.0. The number of rotatable bonds is 2. The predicted octanol–water partition coefficient (Wildman–Crippen LogP) is 2.02. The van der Waals surface area contributed by atoms with Crippen LogP contribution in [0.5, 0.6) is 0 Å². The van der Waals surface area contributed by atoms with E-state index in [9.17, 15) is 10.4 Å². The molecule has 5 nitrogen and oxygen atoms in total. The third-order valence-electron chi connectivity index (χ3n) is 2.96.